The zero-order chi connectivity index (χ0) is 15.5. The number of fused-ring (bicyclic) bond motifs is 1. The van der Waals surface area contributed by atoms with E-state index in [0.717, 1.165) is 4.57 Å². The van der Waals surface area contributed by atoms with E-state index in [1.165, 1.54) is 12.4 Å². The van der Waals surface area contributed by atoms with Gasteiger partial charge in [-0.15, -0.1) is 0 Å². The molecule has 1 amide bonds. The van der Waals surface area contributed by atoms with Crippen molar-refractivity contribution in [1.82, 2.24) is 35.3 Å². The van der Waals surface area contributed by atoms with Gasteiger partial charge in [0.1, 0.15) is 5.65 Å². The van der Waals surface area contributed by atoms with Crippen molar-refractivity contribution in [3.05, 3.63) is 51.1 Å². The fraction of sp³-hybridized carbons (Fsp3) is 0.167. The highest BCUT2D eigenvalue weighted by atomic mass is 16.2. The maximum Gasteiger partial charge on any atom is 0.330 e. The lowest BCUT2D eigenvalue weighted by Crippen LogP contribution is -2.39. The smallest absolute Gasteiger partial charge is 0.330 e. The van der Waals surface area contributed by atoms with E-state index in [0.29, 0.717) is 5.39 Å². The first-order valence-electron chi connectivity index (χ1n) is 6.38. The summed E-state index contributed by atoms with van der Waals surface area (Å²) < 4.78 is 1.01. The van der Waals surface area contributed by atoms with E-state index >= 15 is 0 Å². The molecule has 0 saturated heterocycles. The van der Waals surface area contributed by atoms with Gasteiger partial charge < -0.3 is 5.32 Å². The molecule has 3 aromatic rings. The average Bonchev–Trinajstić information content (AvgIpc) is 3.05. The van der Waals surface area contributed by atoms with Gasteiger partial charge in [-0.3, -0.25) is 19.1 Å². The van der Waals surface area contributed by atoms with Crippen LogP contribution >= 0.6 is 0 Å². The van der Waals surface area contributed by atoms with E-state index in [1.807, 2.05) is 0 Å². The van der Waals surface area contributed by atoms with Crippen molar-refractivity contribution < 1.29 is 4.79 Å². The lowest BCUT2D eigenvalue weighted by atomic mass is 10.3. The van der Waals surface area contributed by atoms with Crippen LogP contribution in [-0.2, 0) is 6.54 Å². The second kappa shape index (κ2) is 5.60. The van der Waals surface area contributed by atoms with E-state index in [4.69, 9.17) is 0 Å². The van der Waals surface area contributed by atoms with Gasteiger partial charge in [0.05, 0.1) is 11.6 Å². The quantitative estimate of drug-likeness (QED) is 0.543. The summed E-state index contributed by atoms with van der Waals surface area (Å²) in [5.41, 5.74) is -0.668. The van der Waals surface area contributed by atoms with Crippen molar-refractivity contribution in [3.63, 3.8) is 0 Å². The van der Waals surface area contributed by atoms with Gasteiger partial charge in [-0.1, -0.05) is 0 Å². The number of pyridine rings is 1. The zero-order valence-corrected chi connectivity index (χ0v) is 11.2. The Morgan fingerprint density at radius 3 is 3.00 bits per heavy atom. The standard InChI is InChI=1S/C12H11N7O3/c20-10(8-6-15-18-17-8)14-4-5-19-11(21)7-2-1-3-13-9(7)16-12(19)22/h1-3,6H,4-5H2,(H,14,20)(H,13,16,22)(H,15,17,18). The molecule has 0 radical (unpaired) electrons. The third-order valence-electron chi connectivity index (χ3n) is 3.02. The molecule has 3 rings (SSSR count). The molecule has 22 heavy (non-hydrogen) atoms. The number of nitrogens with zero attached hydrogens (tertiary/aromatic N) is 4. The molecule has 0 unspecified atom stereocenters. The third kappa shape index (κ3) is 2.49. The van der Waals surface area contributed by atoms with E-state index in [1.54, 1.807) is 12.1 Å². The van der Waals surface area contributed by atoms with Gasteiger partial charge in [-0.2, -0.15) is 15.4 Å². The molecule has 112 valence electrons. The summed E-state index contributed by atoms with van der Waals surface area (Å²) in [6.45, 7) is 0.128. The number of hydrogen-bond acceptors (Lipinski definition) is 6. The normalized spacial score (nSPS) is 10.7. The predicted octanol–water partition coefficient (Wildman–Crippen LogP) is -1.37. The van der Waals surface area contributed by atoms with Crippen molar-refractivity contribution in [1.29, 1.82) is 0 Å². The molecule has 0 bridgehead atoms. The second-order valence-corrected chi connectivity index (χ2v) is 4.40. The highest BCUT2D eigenvalue weighted by Gasteiger charge is 2.10. The van der Waals surface area contributed by atoms with Crippen molar-refractivity contribution in [2.75, 3.05) is 6.54 Å². The van der Waals surface area contributed by atoms with Gasteiger partial charge in [0.15, 0.2) is 5.69 Å². The predicted molar refractivity (Wildman–Crippen MR) is 75.3 cm³/mol. The topological polar surface area (TPSA) is 138 Å². The van der Waals surface area contributed by atoms with E-state index in [2.05, 4.69) is 30.7 Å². The number of hydrogen-bond donors (Lipinski definition) is 3. The molecule has 0 atom stereocenters. The van der Waals surface area contributed by atoms with E-state index in [9.17, 15) is 14.4 Å². The monoisotopic (exact) mass is 301 g/mol. The maximum atomic E-state index is 12.2. The van der Waals surface area contributed by atoms with Crippen molar-refractivity contribution in [2.45, 2.75) is 6.54 Å². The molecular weight excluding hydrogens is 290 g/mol. The summed E-state index contributed by atoms with van der Waals surface area (Å²) >= 11 is 0. The highest BCUT2D eigenvalue weighted by molar-refractivity contribution is 5.91. The number of amides is 1. The summed E-state index contributed by atoms with van der Waals surface area (Å²) in [6.07, 6.45) is 2.76. The summed E-state index contributed by atoms with van der Waals surface area (Å²) in [4.78, 5) is 42.2. The van der Waals surface area contributed by atoms with E-state index < -0.39 is 17.2 Å². The first-order chi connectivity index (χ1) is 10.7. The van der Waals surface area contributed by atoms with E-state index in [-0.39, 0.29) is 24.4 Å². The number of aromatic amines is 2. The Kier molecular flexibility index (Phi) is 3.48. The van der Waals surface area contributed by atoms with Crippen molar-refractivity contribution in [3.8, 4) is 0 Å². The molecule has 10 heteroatoms. The van der Waals surface area contributed by atoms with Crippen LogP contribution in [0, 0.1) is 0 Å². The minimum atomic E-state index is -0.577. The maximum absolute atomic E-state index is 12.2. The zero-order valence-electron chi connectivity index (χ0n) is 11.2. The van der Waals surface area contributed by atoms with Crippen LogP contribution < -0.4 is 16.6 Å². The van der Waals surface area contributed by atoms with Crippen molar-refractivity contribution in [2.24, 2.45) is 0 Å². The molecule has 3 N–H and O–H groups in total. The molecule has 0 aromatic carbocycles. The molecular formula is C12H11N7O3. The van der Waals surface area contributed by atoms with Gasteiger partial charge in [-0.25, -0.2) is 9.78 Å². The Labute approximate surface area is 122 Å². The first kappa shape index (κ1) is 13.7. The fourth-order valence-electron chi connectivity index (χ4n) is 1.97. The van der Waals surface area contributed by atoms with Gasteiger partial charge in [0.25, 0.3) is 11.5 Å². The third-order valence-corrected chi connectivity index (χ3v) is 3.02. The van der Waals surface area contributed by atoms with Crippen LogP contribution in [0.15, 0.2) is 34.1 Å². The number of rotatable bonds is 4. The van der Waals surface area contributed by atoms with Gasteiger partial charge in [0, 0.05) is 19.3 Å². The molecule has 0 saturated carbocycles. The van der Waals surface area contributed by atoms with Crippen LogP contribution in [0.2, 0.25) is 0 Å². The Bertz CT molecular complexity index is 926. The van der Waals surface area contributed by atoms with Crippen LogP contribution in [0.25, 0.3) is 11.0 Å². The minimum Gasteiger partial charge on any atom is -0.349 e. The summed E-state index contributed by atoms with van der Waals surface area (Å²) in [5.74, 6) is -0.444. The van der Waals surface area contributed by atoms with Crippen molar-refractivity contribution >= 4 is 16.9 Å². The molecule has 0 aliphatic carbocycles. The molecule has 0 aliphatic rings. The molecule has 3 heterocycles. The summed E-state index contributed by atoms with van der Waals surface area (Å²) in [7, 11) is 0. The fourth-order valence-corrected chi connectivity index (χ4v) is 1.97. The molecule has 0 spiro atoms. The number of aromatic nitrogens is 6. The minimum absolute atomic E-state index is 0.0303. The molecule has 0 fully saturated rings. The number of carbonyl (C=O) groups is 1. The number of H-pyrrole nitrogens is 2. The van der Waals surface area contributed by atoms with Crippen LogP contribution in [-0.4, -0.2) is 42.4 Å². The lowest BCUT2D eigenvalue weighted by Gasteiger charge is -2.06. The molecule has 0 aliphatic heterocycles. The Morgan fingerprint density at radius 1 is 1.36 bits per heavy atom. The van der Waals surface area contributed by atoms with Crippen LogP contribution in [0.1, 0.15) is 10.5 Å². The number of nitrogens with one attached hydrogen (secondary N) is 3. The van der Waals surface area contributed by atoms with Crippen LogP contribution in [0.3, 0.4) is 0 Å². The first-order valence-corrected chi connectivity index (χ1v) is 6.38. The Morgan fingerprint density at radius 2 is 2.23 bits per heavy atom. The van der Waals surface area contributed by atoms with Gasteiger partial charge in [-0.05, 0) is 12.1 Å². The van der Waals surface area contributed by atoms with Crippen LogP contribution in [0.5, 0.6) is 0 Å². The largest absolute Gasteiger partial charge is 0.349 e. The lowest BCUT2D eigenvalue weighted by molar-refractivity contribution is 0.0947. The molecule has 10 nitrogen and oxygen atoms in total. The summed E-state index contributed by atoms with van der Waals surface area (Å²) in [5, 5.41) is 12.3. The summed E-state index contributed by atoms with van der Waals surface area (Å²) in [6, 6.07) is 3.18. The Hall–Kier alpha value is -3.30. The van der Waals surface area contributed by atoms with Gasteiger partial charge in [0.2, 0.25) is 0 Å². The van der Waals surface area contributed by atoms with Crippen LogP contribution in [0.4, 0.5) is 0 Å². The highest BCUT2D eigenvalue weighted by Crippen LogP contribution is 1.98. The Balaban J connectivity index is 1.78. The number of carbonyl (C=O) groups excluding carboxylic acids is 1. The average molecular weight is 301 g/mol. The second-order valence-electron chi connectivity index (χ2n) is 4.40. The molecule has 3 aromatic heterocycles. The van der Waals surface area contributed by atoms with Gasteiger partial charge >= 0.3 is 5.69 Å². The SMILES string of the molecule is O=C(NCCn1c(=O)[nH]c2ncccc2c1=O)c1cn[nH]n1.